The number of aromatic nitrogens is 2. The van der Waals surface area contributed by atoms with E-state index in [0.717, 1.165) is 0 Å². The lowest BCUT2D eigenvalue weighted by Gasteiger charge is -2.11. The molecule has 2 aromatic rings. The smallest absolute Gasteiger partial charge is 0.130 e. The average Bonchev–Trinajstić information content (AvgIpc) is 2.30. The van der Waals surface area contributed by atoms with Gasteiger partial charge in [-0.25, -0.2) is 14.4 Å². The average molecular weight is 250 g/mol. The SMILES string of the molecule is C[C@@H](O)c1c(F)cccc1Sc1ccncn1. The van der Waals surface area contributed by atoms with Crippen molar-refractivity contribution in [3.8, 4) is 0 Å². The van der Waals surface area contributed by atoms with Crippen LogP contribution >= 0.6 is 11.8 Å². The second-order valence-corrected chi connectivity index (χ2v) is 4.54. The van der Waals surface area contributed by atoms with Crippen LogP contribution in [0.3, 0.4) is 0 Å². The number of hydrogen-bond acceptors (Lipinski definition) is 4. The summed E-state index contributed by atoms with van der Waals surface area (Å²) in [6.07, 6.45) is 2.21. The Morgan fingerprint density at radius 2 is 2.18 bits per heavy atom. The number of aliphatic hydroxyl groups is 1. The maximum Gasteiger partial charge on any atom is 0.130 e. The molecule has 0 aliphatic carbocycles. The molecule has 0 fully saturated rings. The molecule has 1 aromatic carbocycles. The first-order chi connectivity index (χ1) is 8.18. The highest BCUT2D eigenvalue weighted by Gasteiger charge is 2.14. The zero-order valence-electron chi connectivity index (χ0n) is 9.17. The molecule has 88 valence electrons. The van der Waals surface area contributed by atoms with Crippen LogP contribution in [0.5, 0.6) is 0 Å². The molecule has 1 aromatic heterocycles. The lowest BCUT2D eigenvalue weighted by atomic mass is 10.1. The summed E-state index contributed by atoms with van der Waals surface area (Å²) in [5, 5.41) is 10.3. The van der Waals surface area contributed by atoms with Gasteiger partial charge in [0.1, 0.15) is 17.2 Å². The van der Waals surface area contributed by atoms with Gasteiger partial charge in [0.25, 0.3) is 0 Å². The highest BCUT2D eigenvalue weighted by Crippen LogP contribution is 2.33. The Morgan fingerprint density at radius 1 is 1.35 bits per heavy atom. The summed E-state index contributed by atoms with van der Waals surface area (Å²) < 4.78 is 13.6. The molecule has 0 spiro atoms. The second kappa shape index (κ2) is 5.25. The van der Waals surface area contributed by atoms with Crippen LogP contribution in [0.2, 0.25) is 0 Å². The minimum absolute atomic E-state index is 0.302. The quantitative estimate of drug-likeness (QED) is 0.851. The highest BCUT2D eigenvalue weighted by molar-refractivity contribution is 7.99. The lowest BCUT2D eigenvalue weighted by molar-refractivity contribution is 0.191. The van der Waals surface area contributed by atoms with Crippen LogP contribution in [-0.2, 0) is 0 Å². The van der Waals surface area contributed by atoms with E-state index in [1.165, 1.54) is 24.2 Å². The fourth-order valence-corrected chi connectivity index (χ4v) is 2.44. The highest BCUT2D eigenvalue weighted by atomic mass is 32.2. The molecule has 1 N–H and O–H groups in total. The van der Waals surface area contributed by atoms with Crippen molar-refractivity contribution < 1.29 is 9.50 Å². The number of hydrogen-bond donors (Lipinski definition) is 1. The van der Waals surface area contributed by atoms with E-state index in [0.29, 0.717) is 15.5 Å². The van der Waals surface area contributed by atoms with Gasteiger partial charge in [-0.1, -0.05) is 17.8 Å². The van der Waals surface area contributed by atoms with Crippen molar-refractivity contribution in [1.82, 2.24) is 9.97 Å². The van der Waals surface area contributed by atoms with Gasteiger partial charge in [0.05, 0.1) is 6.10 Å². The molecule has 0 unspecified atom stereocenters. The fraction of sp³-hybridized carbons (Fsp3) is 0.167. The van der Waals surface area contributed by atoms with E-state index in [2.05, 4.69) is 9.97 Å². The Hall–Kier alpha value is -1.46. The van der Waals surface area contributed by atoms with Crippen molar-refractivity contribution in [3.63, 3.8) is 0 Å². The first-order valence-corrected chi connectivity index (χ1v) is 5.90. The van der Waals surface area contributed by atoms with Gasteiger partial charge in [0.15, 0.2) is 0 Å². The molecular formula is C12H11FN2OS. The van der Waals surface area contributed by atoms with E-state index in [9.17, 15) is 9.50 Å². The third-order valence-corrected chi connectivity index (χ3v) is 3.23. The Labute approximate surface area is 103 Å². The summed E-state index contributed by atoms with van der Waals surface area (Å²) in [5.41, 5.74) is 0.302. The summed E-state index contributed by atoms with van der Waals surface area (Å²) in [4.78, 5) is 8.53. The van der Waals surface area contributed by atoms with Crippen molar-refractivity contribution in [2.75, 3.05) is 0 Å². The van der Waals surface area contributed by atoms with Crippen molar-refractivity contribution in [2.45, 2.75) is 22.9 Å². The Kier molecular flexibility index (Phi) is 3.71. The van der Waals surface area contributed by atoms with Gasteiger partial charge in [0, 0.05) is 16.7 Å². The third kappa shape index (κ3) is 2.81. The largest absolute Gasteiger partial charge is 0.389 e. The van der Waals surface area contributed by atoms with Gasteiger partial charge in [-0.2, -0.15) is 0 Å². The second-order valence-electron chi connectivity index (χ2n) is 3.48. The first kappa shape index (κ1) is 12.0. The number of nitrogens with zero attached hydrogens (tertiary/aromatic N) is 2. The van der Waals surface area contributed by atoms with Crippen LogP contribution in [-0.4, -0.2) is 15.1 Å². The van der Waals surface area contributed by atoms with Crippen LogP contribution < -0.4 is 0 Å². The molecule has 3 nitrogen and oxygen atoms in total. The molecule has 0 aliphatic rings. The summed E-state index contributed by atoms with van der Waals surface area (Å²) in [5.74, 6) is -0.404. The molecule has 0 bridgehead atoms. The molecular weight excluding hydrogens is 239 g/mol. The first-order valence-electron chi connectivity index (χ1n) is 5.09. The molecule has 0 amide bonds. The molecule has 0 saturated heterocycles. The van der Waals surface area contributed by atoms with E-state index in [1.54, 1.807) is 31.3 Å². The van der Waals surface area contributed by atoms with E-state index >= 15 is 0 Å². The fourth-order valence-electron chi connectivity index (χ4n) is 1.46. The van der Waals surface area contributed by atoms with Crippen molar-refractivity contribution in [2.24, 2.45) is 0 Å². The van der Waals surface area contributed by atoms with Gasteiger partial charge in [-0.15, -0.1) is 0 Å². The summed E-state index contributed by atoms with van der Waals surface area (Å²) in [7, 11) is 0. The summed E-state index contributed by atoms with van der Waals surface area (Å²) >= 11 is 1.31. The van der Waals surface area contributed by atoms with Crippen molar-refractivity contribution >= 4 is 11.8 Å². The molecule has 2 rings (SSSR count). The number of benzene rings is 1. The van der Waals surface area contributed by atoms with E-state index in [-0.39, 0.29) is 0 Å². The van der Waals surface area contributed by atoms with E-state index in [4.69, 9.17) is 0 Å². The van der Waals surface area contributed by atoms with Gasteiger partial charge in [-0.3, -0.25) is 0 Å². The van der Waals surface area contributed by atoms with Crippen LogP contribution in [0.4, 0.5) is 4.39 Å². The minimum Gasteiger partial charge on any atom is -0.389 e. The van der Waals surface area contributed by atoms with Crippen LogP contribution in [0.1, 0.15) is 18.6 Å². The molecule has 0 radical (unpaired) electrons. The van der Waals surface area contributed by atoms with Crippen LogP contribution in [0, 0.1) is 5.82 Å². The molecule has 1 heterocycles. The monoisotopic (exact) mass is 250 g/mol. The summed E-state index contributed by atoms with van der Waals surface area (Å²) in [6, 6.07) is 6.45. The van der Waals surface area contributed by atoms with E-state index < -0.39 is 11.9 Å². The van der Waals surface area contributed by atoms with Gasteiger partial charge >= 0.3 is 0 Å². The Balaban J connectivity index is 2.36. The van der Waals surface area contributed by atoms with Gasteiger partial charge in [-0.05, 0) is 25.1 Å². The van der Waals surface area contributed by atoms with Crippen LogP contribution in [0.15, 0.2) is 46.7 Å². The van der Waals surface area contributed by atoms with Crippen molar-refractivity contribution in [1.29, 1.82) is 0 Å². The maximum absolute atomic E-state index is 13.6. The zero-order valence-corrected chi connectivity index (χ0v) is 9.99. The molecule has 5 heteroatoms. The number of rotatable bonds is 3. The predicted molar refractivity (Wildman–Crippen MR) is 63.2 cm³/mol. The normalized spacial score (nSPS) is 12.4. The Bertz CT molecular complexity index is 505. The zero-order chi connectivity index (χ0) is 12.3. The minimum atomic E-state index is -0.847. The molecule has 0 saturated carbocycles. The standard InChI is InChI=1S/C12H11FN2OS/c1-8(16)12-9(13)3-2-4-10(12)17-11-5-6-14-7-15-11/h2-8,16H,1H3/t8-/m1/s1. The lowest BCUT2D eigenvalue weighted by Crippen LogP contribution is -1.98. The predicted octanol–water partition coefficient (Wildman–Crippen LogP) is 2.82. The molecule has 1 atom stereocenters. The molecule has 17 heavy (non-hydrogen) atoms. The van der Waals surface area contributed by atoms with Gasteiger partial charge in [0.2, 0.25) is 0 Å². The van der Waals surface area contributed by atoms with Gasteiger partial charge < -0.3 is 5.11 Å². The number of halogens is 1. The Morgan fingerprint density at radius 3 is 2.82 bits per heavy atom. The number of aliphatic hydroxyl groups excluding tert-OH is 1. The van der Waals surface area contributed by atoms with E-state index in [1.807, 2.05) is 0 Å². The maximum atomic E-state index is 13.6. The van der Waals surface area contributed by atoms with Crippen molar-refractivity contribution in [3.05, 3.63) is 48.2 Å². The summed E-state index contributed by atoms with van der Waals surface area (Å²) in [6.45, 7) is 1.54. The third-order valence-electron chi connectivity index (χ3n) is 2.20. The topological polar surface area (TPSA) is 46.0 Å². The van der Waals surface area contributed by atoms with Crippen LogP contribution in [0.25, 0.3) is 0 Å². The molecule has 0 aliphatic heterocycles.